The number of amides is 2. The minimum Gasteiger partial charge on any atom is -0.356 e. The van der Waals surface area contributed by atoms with Crippen LogP contribution in [-0.2, 0) is 11.3 Å². The second-order valence-corrected chi connectivity index (χ2v) is 5.98. The van der Waals surface area contributed by atoms with Gasteiger partial charge in [0.05, 0.1) is 6.54 Å². The molecule has 1 fully saturated rings. The number of piperazine rings is 1. The number of hydrogen-bond donors (Lipinski definition) is 3. The first-order valence-corrected chi connectivity index (χ1v) is 8.73. The number of carbonyl (C=O) groups excluding carboxylic acids is 2. The maximum atomic E-state index is 12.4. The summed E-state index contributed by atoms with van der Waals surface area (Å²) in [6, 6.07) is 7.45. The van der Waals surface area contributed by atoms with E-state index in [1.54, 1.807) is 24.1 Å². The van der Waals surface area contributed by atoms with E-state index in [4.69, 9.17) is 0 Å². The summed E-state index contributed by atoms with van der Waals surface area (Å²) in [4.78, 5) is 29.6. The summed E-state index contributed by atoms with van der Waals surface area (Å²) in [5.41, 5.74) is 1.66. The van der Waals surface area contributed by atoms with E-state index in [2.05, 4.69) is 27.9 Å². The van der Waals surface area contributed by atoms with E-state index >= 15 is 0 Å². The summed E-state index contributed by atoms with van der Waals surface area (Å²) in [6.45, 7) is 4.86. The van der Waals surface area contributed by atoms with Gasteiger partial charge in [-0.3, -0.25) is 14.6 Å². The van der Waals surface area contributed by atoms with Crippen LogP contribution in [0.1, 0.15) is 35.7 Å². The fourth-order valence-corrected chi connectivity index (χ4v) is 2.55. The Bertz CT molecular complexity index is 619. The number of aliphatic imine (C=N–C) groups is 1. The zero-order valence-corrected chi connectivity index (χ0v) is 17.7. The fraction of sp³-hybridized carbons (Fsp3) is 0.500. The standard InChI is InChI=1S/C18H27N5O2.HI/c1-3-4-9-21-18(19-2)22-12-14-5-7-15(8-6-14)17(25)23-11-10-20-16(24)13-23;/h5-8H,3-4,9-13H2,1-2H3,(H,20,24)(H2,19,21,22);1H. The van der Waals surface area contributed by atoms with Crippen LogP contribution in [0.5, 0.6) is 0 Å². The number of nitrogens with zero attached hydrogens (tertiary/aromatic N) is 2. The molecule has 2 amide bonds. The molecule has 1 aromatic carbocycles. The number of benzene rings is 1. The lowest BCUT2D eigenvalue weighted by Crippen LogP contribution is -2.49. The molecule has 7 nitrogen and oxygen atoms in total. The molecular weight excluding hydrogens is 445 g/mol. The Morgan fingerprint density at radius 2 is 2.00 bits per heavy atom. The molecule has 1 aliphatic heterocycles. The number of carbonyl (C=O) groups is 2. The van der Waals surface area contributed by atoms with Gasteiger partial charge in [0.15, 0.2) is 5.96 Å². The van der Waals surface area contributed by atoms with Gasteiger partial charge in [-0.25, -0.2) is 0 Å². The monoisotopic (exact) mass is 473 g/mol. The molecular formula is C18H28IN5O2. The Balaban J connectivity index is 0.00000338. The number of nitrogens with one attached hydrogen (secondary N) is 3. The predicted molar refractivity (Wildman–Crippen MR) is 114 cm³/mol. The van der Waals surface area contributed by atoms with Crippen LogP contribution in [0.2, 0.25) is 0 Å². The minimum absolute atomic E-state index is 0. The molecule has 8 heteroatoms. The molecule has 26 heavy (non-hydrogen) atoms. The van der Waals surface area contributed by atoms with Gasteiger partial charge < -0.3 is 20.9 Å². The number of unbranched alkanes of at least 4 members (excludes halogenated alkanes) is 1. The van der Waals surface area contributed by atoms with Crippen LogP contribution >= 0.6 is 24.0 Å². The predicted octanol–water partition coefficient (Wildman–Crippen LogP) is 1.34. The van der Waals surface area contributed by atoms with Crippen LogP contribution < -0.4 is 16.0 Å². The van der Waals surface area contributed by atoms with Crippen molar-refractivity contribution in [2.24, 2.45) is 4.99 Å². The normalized spacial score (nSPS) is 14.3. The Morgan fingerprint density at radius 3 is 2.62 bits per heavy atom. The summed E-state index contributed by atoms with van der Waals surface area (Å²) in [6.07, 6.45) is 2.24. The molecule has 0 aliphatic carbocycles. The molecule has 144 valence electrons. The van der Waals surface area contributed by atoms with Gasteiger partial charge in [-0.05, 0) is 24.1 Å². The number of halogens is 1. The molecule has 3 N–H and O–H groups in total. The average molecular weight is 473 g/mol. The van der Waals surface area contributed by atoms with E-state index in [0.29, 0.717) is 25.2 Å². The molecule has 1 aliphatic rings. The van der Waals surface area contributed by atoms with E-state index in [-0.39, 0.29) is 42.3 Å². The molecule has 0 aromatic heterocycles. The van der Waals surface area contributed by atoms with Gasteiger partial charge in [0, 0.05) is 38.8 Å². The van der Waals surface area contributed by atoms with Gasteiger partial charge in [0.1, 0.15) is 0 Å². The van der Waals surface area contributed by atoms with Gasteiger partial charge in [-0.1, -0.05) is 25.5 Å². The van der Waals surface area contributed by atoms with E-state index in [9.17, 15) is 9.59 Å². The van der Waals surface area contributed by atoms with Crippen LogP contribution in [-0.4, -0.2) is 55.9 Å². The highest BCUT2D eigenvalue weighted by atomic mass is 127. The molecule has 0 unspecified atom stereocenters. The molecule has 0 saturated carbocycles. The highest BCUT2D eigenvalue weighted by molar-refractivity contribution is 14.0. The third kappa shape index (κ3) is 6.81. The molecule has 0 atom stereocenters. The maximum absolute atomic E-state index is 12.4. The number of guanidine groups is 1. The minimum atomic E-state index is -0.109. The highest BCUT2D eigenvalue weighted by Gasteiger charge is 2.21. The van der Waals surface area contributed by atoms with Gasteiger partial charge in [0.2, 0.25) is 5.91 Å². The molecule has 0 bridgehead atoms. The van der Waals surface area contributed by atoms with Crippen molar-refractivity contribution in [3.05, 3.63) is 35.4 Å². The Kier molecular flexibility index (Phi) is 10.0. The van der Waals surface area contributed by atoms with Gasteiger partial charge in [0.25, 0.3) is 5.91 Å². The first-order valence-electron chi connectivity index (χ1n) is 8.73. The molecule has 2 rings (SSSR count). The zero-order valence-electron chi connectivity index (χ0n) is 15.4. The molecule has 1 saturated heterocycles. The van der Waals surface area contributed by atoms with E-state index in [0.717, 1.165) is 30.9 Å². The number of rotatable bonds is 6. The van der Waals surface area contributed by atoms with E-state index in [1.807, 2.05) is 12.1 Å². The molecule has 1 aromatic rings. The topological polar surface area (TPSA) is 85.8 Å². The first-order chi connectivity index (χ1) is 12.1. The van der Waals surface area contributed by atoms with Gasteiger partial charge >= 0.3 is 0 Å². The zero-order chi connectivity index (χ0) is 18.1. The van der Waals surface area contributed by atoms with Crippen molar-refractivity contribution < 1.29 is 9.59 Å². The summed E-state index contributed by atoms with van der Waals surface area (Å²) in [7, 11) is 1.75. The van der Waals surface area contributed by atoms with Crippen molar-refractivity contribution in [2.45, 2.75) is 26.3 Å². The van der Waals surface area contributed by atoms with Crippen molar-refractivity contribution in [1.29, 1.82) is 0 Å². The van der Waals surface area contributed by atoms with Crippen molar-refractivity contribution in [2.75, 3.05) is 33.2 Å². The summed E-state index contributed by atoms with van der Waals surface area (Å²) >= 11 is 0. The Labute approximate surface area is 172 Å². The SMILES string of the molecule is CCCCNC(=NC)NCc1ccc(C(=O)N2CCNC(=O)C2)cc1.I. The van der Waals surface area contributed by atoms with Crippen molar-refractivity contribution in [3.8, 4) is 0 Å². The molecule has 0 radical (unpaired) electrons. The fourth-order valence-electron chi connectivity index (χ4n) is 2.55. The second kappa shape index (κ2) is 11.7. The molecule has 0 spiro atoms. The van der Waals surface area contributed by atoms with Crippen molar-refractivity contribution in [3.63, 3.8) is 0 Å². The van der Waals surface area contributed by atoms with E-state index < -0.39 is 0 Å². The first kappa shape index (κ1) is 22.2. The van der Waals surface area contributed by atoms with Crippen molar-refractivity contribution >= 4 is 41.8 Å². The van der Waals surface area contributed by atoms with Gasteiger partial charge in [-0.2, -0.15) is 0 Å². The lowest BCUT2D eigenvalue weighted by atomic mass is 10.1. The van der Waals surface area contributed by atoms with Crippen molar-refractivity contribution in [1.82, 2.24) is 20.9 Å². The Morgan fingerprint density at radius 1 is 1.27 bits per heavy atom. The quantitative estimate of drug-likeness (QED) is 0.252. The second-order valence-electron chi connectivity index (χ2n) is 5.98. The van der Waals surface area contributed by atoms with Crippen LogP contribution in [0, 0.1) is 0 Å². The van der Waals surface area contributed by atoms with Gasteiger partial charge in [-0.15, -0.1) is 24.0 Å². The third-order valence-corrected chi connectivity index (χ3v) is 4.03. The average Bonchev–Trinajstić information content (AvgIpc) is 2.64. The lowest BCUT2D eigenvalue weighted by Gasteiger charge is -2.26. The summed E-state index contributed by atoms with van der Waals surface area (Å²) in [5, 5.41) is 9.23. The number of hydrogen-bond acceptors (Lipinski definition) is 3. The summed E-state index contributed by atoms with van der Waals surface area (Å²) in [5.74, 6) is 0.557. The van der Waals surface area contributed by atoms with Crippen LogP contribution in [0.25, 0.3) is 0 Å². The largest absolute Gasteiger partial charge is 0.356 e. The third-order valence-electron chi connectivity index (χ3n) is 4.03. The smallest absolute Gasteiger partial charge is 0.254 e. The van der Waals surface area contributed by atoms with E-state index in [1.165, 1.54) is 0 Å². The lowest BCUT2D eigenvalue weighted by molar-refractivity contribution is -0.123. The summed E-state index contributed by atoms with van der Waals surface area (Å²) < 4.78 is 0. The Hall–Kier alpha value is -1.84. The van der Waals surface area contributed by atoms with Crippen LogP contribution in [0.15, 0.2) is 29.3 Å². The highest BCUT2D eigenvalue weighted by Crippen LogP contribution is 2.09. The van der Waals surface area contributed by atoms with Crippen LogP contribution in [0.3, 0.4) is 0 Å². The maximum Gasteiger partial charge on any atom is 0.254 e. The molecule has 1 heterocycles. The van der Waals surface area contributed by atoms with Crippen LogP contribution in [0.4, 0.5) is 0 Å².